The fourth-order valence-electron chi connectivity index (χ4n) is 3.00. The number of nitrogens with one attached hydrogen (secondary N) is 1. The molecule has 2 aromatic rings. The normalized spacial score (nSPS) is 12.1. The SMILES string of the molecule is CNC(=O)[C@@H](C)N(Cc1ccc(OC)cc1)C(=O)CN(c1cccc(Cl)c1Cl)S(C)(=O)=O. The summed E-state index contributed by atoms with van der Waals surface area (Å²) in [7, 11) is -0.891. The number of likely N-dealkylation sites (N-methyl/N-ethyl adjacent to an activating group) is 1. The standard InChI is InChI=1S/C21H25Cl2N3O5S/c1-14(21(28)24-2)25(12-15-8-10-16(31-3)11-9-15)19(27)13-26(32(4,29)30)18-7-5-6-17(22)20(18)23/h5-11,14H,12-13H2,1-4H3,(H,24,28)/t14-/m1/s1. The topological polar surface area (TPSA) is 96.0 Å². The second kappa shape index (κ2) is 10.9. The van der Waals surface area contributed by atoms with Gasteiger partial charge in [0.2, 0.25) is 21.8 Å². The van der Waals surface area contributed by atoms with E-state index in [2.05, 4.69) is 5.32 Å². The molecule has 0 heterocycles. The first kappa shape index (κ1) is 25.8. The molecule has 0 aliphatic carbocycles. The van der Waals surface area contributed by atoms with Crippen LogP contribution in [0.1, 0.15) is 12.5 Å². The predicted molar refractivity (Wildman–Crippen MR) is 126 cm³/mol. The molecule has 0 radical (unpaired) electrons. The second-order valence-corrected chi connectivity index (χ2v) is 9.69. The number of anilines is 1. The van der Waals surface area contributed by atoms with Gasteiger partial charge < -0.3 is 15.0 Å². The van der Waals surface area contributed by atoms with E-state index in [-0.39, 0.29) is 22.3 Å². The number of sulfonamides is 1. The number of hydrogen-bond donors (Lipinski definition) is 1. The van der Waals surface area contributed by atoms with Gasteiger partial charge >= 0.3 is 0 Å². The third-order valence-electron chi connectivity index (χ3n) is 4.80. The molecule has 0 saturated heterocycles. The summed E-state index contributed by atoms with van der Waals surface area (Å²) in [6.45, 7) is 1.09. The molecule has 8 nitrogen and oxygen atoms in total. The summed E-state index contributed by atoms with van der Waals surface area (Å²) in [5.41, 5.74) is 0.814. The number of ether oxygens (including phenoxy) is 1. The predicted octanol–water partition coefficient (Wildman–Crippen LogP) is 2.93. The number of rotatable bonds is 9. The molecule has 0 aliphatic heterocycles. The lowest BCUT2D eigenvalue weighted by molar-refractivity contribution is -0.139. The monoisotopic (exact) mass is 501 g/mol. The zero-order chi connectivity index (χ0) is 24.1. The third-order valence-corrected chi connectivity index (χ3v) is 6.74. The van der Waals surface area contributed by atoms with Crippen LogP contribution in [0.3, 0.4) is 0 Å². The van der Waals surface area contributed by atoms with Gasteiger partial charge in [-0.15, -0.1) is 0 Å². The van der Waals surface area contributed by atoms with Crippen molar-refractivity contribution in [3.05, 3.63) is 58.1 Å². The van der Waals surface area contributed by atoms with Crippen molar-refractivity contribution in [3.63, 3.8) is 0 Å². The van der Waals surface area contributed by atoms with Crippen molar-refractivity contribution in [1.29, 1.82) is 0 Å². The molecular weight excluding hydrogens is 477 g/mol. The highest BCUT2D eigenvalue weighted by atomic mass is 35.5. The minimum absolute atomic E-state index is 0.00782. The van der Waals surface area contributed by atoms with Crippen LogP contribution in [0.25, 0.3) is 0 Å². The smallest absolute Gasteiger partial charge is 0.244 e. The molecule has 0 aromatic heterocycles. The summed E-state index contributed by atoms with van der Waals surface area (Å²) >= 11 is 12.2. The first-order valence-corrected chi connectivity index (χ1v) is 12.2. The van der Waals surface area contributed by atoms with Gasteiger partial charge in [-0.3, -0.25) is 13.9 Å². The van der Waals surface area contributed by atoms with Crippen LogP contribution in [0.5, 0.6) is 5.75 Å². The number of carbonyl (C=O) groups is 2. The Balaban J connectivity index is 2.41. The Hall–Kier alpha value is -2.49. The maximum absolute atomic E-state index is 13.3. The number of methoxy groups -OCH3 is 1. The molecule has 174 valence electrons. The highest BCUT2D eigenvalue weighted by Crippen LogP contribution is 2.33. The number of halogens is 2. The van der Waals surface area contributed by atoms with Gasteiger partial charge in [0, 0.05) is 13.6 Å². The van der Waals surface area contributed by atoms with E-state index in [9.17, 15) is 18.0 Å². The lowest BCUT2D eigenvalue weighted by Crippen LogP contribution is -2.50. The Morgan fingerprint density at radius 2 is 1.75 bits per heavy atom. The summed E-state index contributed by atoms with van der Waals surface area (Å²) in [4.78, 5) is 26.9. The van der Waals surface area contributed by atoms with E-state index >= 15 is 0 Å². The first-order chi connectivity index (χ1) is 15.0. The van der Waals surface area contributed by atoms with E-state index in [1.54, 1.807) is 38.3 Å². The molecule has 11 heteroatoms. The van der Waals surface area contributed by atoms with E-state index in [0.29, 0.717) is 5.75 Å². The summed E-state index contributed by atoms with van der Waals surface area (Å²) < 4.78 is 31.0. The van der Waals surface area contributed by atoms with Gasteiger partial charge in [-0.25, -0.2) is 8.42 Å². The van der Waals surface area contributed by atoms with Gasteiger partial charge in [-0.2, -0.15) is 0 Å². The molecule has 2 rings (SSSR count). The van der Waals surface area contributed by atoms with Crippen LogP contribution >= 0.6 is 23.2 Å². The van der Waals surface area contributed by atoms with Crippen molar-refractivity contribution in [2.24, 2.45) is 0 Å². The maximum Gasteiger partial charge on any atom is 0.244 e. The zero-order valence-corrected chi connectivity index (χ0v) is 20.5. The van der Waals surface area contributed by atoms with Crippen LogP contribution in [0.2, 0.25) is 10.0 Å². The van der Waals surface area contributed by atoms with Gasteiger partial charge in [0.25, 0.3) is 0 Å². The lowest BCUT2D eigenvalue weighted by atomic mass is 10.1. The van der Waals surface area contributed by atoms with Gasteiger partial charge in [0.15, 0.2) is 0 Å². The van der Waals surface area contributed by atoms with E-state index < -0.39 is 34.4 Å². The van der Waals surface area contributed by atoms with Gasteiger partial charge in [-0.1, -0.05) is 41.4 Å². The molecular formula is C21H25Cl2N3O5S. The van der Waals surface area contributed by atoms with Crippen LogP contribution in [0, 0.1) is 0 Å². The minimum atomic E-state index is -3.89. The van der Waals surface area contributed by atoms with Crippen LogP contribution < -0.4 is 14.4 Å². The average Bonchev–Trinajstić information content (AvgIpc) is 2.76. The van der Waals surface area contributed by atoms with Crippen molar-refractivity contribution < 1.29 is 22.7 Å². The van der Waals surface area contributed by atoms with Crippen molar-refractivity contribution in [2.45, 2.75) is 19.5 Å². The van der Waals surface area contributed by atoms with Gasteiger partial charge in [-0.05, 0) is 36.8 Å². The second-order valence-electron chi connectivity index (χ2n) is 7.00. The number of benzene rings is 2. The van der Waals surface area contributed by atoms with E-state index in [1.165, 1.54) is 30.1 Å². The fraction of sp³-hybridized carbons (Fsp3) is 0.333. The van der Waals surface area contributed by atoms with Crippen LogP contribution in [-0.2, 0) is 26.2 Å². The van der Waals surface area contributed by atoms with E-state index in [1.807, 2.05) is 0 Å². The average molecular weight is 502 g/mol. The summed E-state index contributed by atoms with van der Waals surface area (Å²) in [6, 6.07) is 10.6. The summed E-state index contributed by atoms with van der Waals surface area (Å²) in [6.07, 6.45) is 0.966. The fourth-order valence-corrected chi connectivity index (χ4v) is 4.30. The highest BCUT2D eigenvalue weighted by molar-refractivity contribution is 7.92. The minimum Gasteiger partial charge on any atom is -0.497 e. The molecule has 1 N–H and O–H groups in total. The van der Waals surface area contributed by atoms with Crippen LogP contribution in [-0.4, -0.2) is 58.1 Å². The molecule has 0 unspecified atom stereocenters. The van der Waals surface area contributed by atoms with Crippen LogP contribution in [0.4, 0.5) is 5.69 Å². The Morgan fingerprint density at radius 3 is 2.28 bits per heavy atom. The number of amides is 2. The molecule has 0 aliphatic rings. The van der Waals surface area contributed by atoms with Crippen molar-refractivity contribution >= 4 is 50.7 Å². The Kier molecular flexibility index (Phi) is 8.77. The van der Waals surface area contributed by atoms with Gasteiger partial charge in [0.05, 0.1) is 29.1 Å². The van der Waals surface area contributed by atoms with Crippen molar-refractivity contribution in [3.8, 4) is 5.75 Å². The number of hydrogen-bond acceptors (Lipinski definition) is 5. The molecule has 0 bridgehead atoms. The molecule has 2 aromatic carbocycles. The van der Waals surface area contributed by atoms with Crippen LogP contribution in [0.15, 0.2) is 42.5 Å². The van der Waals surface area contributed by atoms with Crippen molar-refractivity contribution in [1.82, 2.24) is 10.2 Å². The molecule has 0 saturated carbocycles. The molecule has 1 atom stereocenters. The number of nitrogens with zero attached hydrogens (tertiary/aromatic N) is 2. The lowest BCUT2D eigenvalue weighted by Gasteiger charge is -2.31. The molecule has 2 amide bonds. The Labute approximate surface area is 198 Å². The quantitative estimate of drug-likeness (QED) is 0.569. The summed E-state index contributed by atoms with van der Waals surface area (Å²) in [5, 5.41) is 2.67. The van der Waals surface area contributed by atoms with E-state index in [0.717, 1.165) is 16.1 Å². The van der Waals surface area contributed by atoms with E-state index in [4.69, 9.17) is 27.9 Å². The molecule has 32 heavy (non-hydrogen) atoms. The zero-order valence-electron chi connectivity index (χ0n) is 18.1. The number of carbonyl (C=O) groups excluding carboxylic acids is 2. The maximum atomic E-state index is 13.3. The largest absolute Gasteiger partial charge is 0.497 e. The first-order valence-electron chi connectivity index (χ1n) is 9.55. The molecule has 0 spiro atoms. The molecule has 0 fully saturated rings. The summed E-state index contributed by atoms with van der Waals surface area (Å²) in [5.74, 6) is -0.332. The third kappa shape index (κ3) is 6.27. The van der Waals surface area contributed by atoms with Crippen molar-refractivity contribution in [2.75, 3.05) is 31.3 Å². The Morgan fingerprint density at radius 1 is 1.12 bits per heavy atom. The Bertz CT molecular complexity index is 1080. The van der Waals surface area contributed by atoms with Gasteiger partial charge in [0.1, 0.15) is 18.3 Å². The highest BCUT2D eigenvalue weighted by Gasteiger charge is 2.30.